The monoisotopic (exact) mass is 253 g/mol. The molecule has 92 valence electrons. The maximum absolute atomic E-state index is 11.5. The lowest BCUT2D eigenvalue weighted by Crippen LogP contribution is -2.30. The van der Waals surface area contributed by atoms with Crippen molar-refractivity contribution in [2.45, 2.75) is 12.3 Å². The fraction of sp³-hybridized carbons (Fsp3) is 0.333. The highest BCUT2D eigenvalue weighted by Crippen LogP contribution is 2.20. The molecule has 0 bridgehead atoms. The number of thiol groups is 1. The number of carbonyl (C=O) groups is 2. The number of amides is 1. The second-order valence-electron chi connectivity index (χ2n) is 3.66. The van der Waals surface area contributed by atoms with E-state index in [-0.39, 0.29) is 24.8 Å². The fourth-order valence-corrected chi connectivity index (χ4v) is 1.82. The Morgan fingerprint density at radius 1 is 1.29 bits per heavy atom. The fourth-order valence-electron chi connectivity index (χ4n) is 1.48. The number of benzene rings is 1. The second-order valence-corrected chi connectivity index (χ2v) is 4.03. The highest BCUT2D eigenvalue weighted by molar-refractivity contribution is 7.80. The predicted molar refractivity (Wildman–Crippen MR) is 68.3 cm³/mol. The summed E-state index contributed by atoms with van der Waals surface area (Å²) in [6.45, 7) is -0.340. The maximum Gasteiger partial charge on any atom is 0.322 e. The van der Waals surface area contributed by atoms with Crippen LogP contribution in [0.3, 0.4) is 0 Å². The second kappa shape index (κ2) is 6.96. The summed E-state index contributed by atoms with van der Waals surface area (Å²) in [5.74, 6) is -0.756. The molecule has 2 N–H and O–H groups in total. The SMILES string of the molecule is O=C(O)CNC(=O)CC(CS)c1ccccc1. The van der Waals surface area contributed by atoms with Gasteiger partial charge >= 0.3 is 5.97 Å². The van der Waals surface area contributed by atoms with E-state index >= 15 is 0 Å². The number of carboxylic acid groups (broad SMARTS) is 1. The zero-order valence-corrected chi connectivity index (χ0v) is 10.2. The van der Waals surface area contributed by atoms with Crippen molar-refractivity contribution in [3.05, 3.63) is 35.9 Å². The topological polar surface area (TPSA) is 66.4 Å². The minimum Gasteiger partial charge on any atom is -0.480 e. The Hall–Kier alpha value is -1.49. The average molecular weight is 253 g/mol. The summed E-state index contributed by atoms with van der Waals surface area (Å²) in [6.07, 6.45) is 0.251. The van der Waals surface area contributed by atoms with E-state index < -0.39 is 5.97 Å². The van der Waals surface area contributed by atoms with Gasteiger partial charge in [-0.25, -0.2) is 0 Å². The molecule has 4 nitrogen and oxygen atoms in total. The number of carbonyl (C=O) groups excluding carboxylic acids is 1. The normalized spacial score (nSPS) is 11.8. The molecule has 0 saturated carbocycles. The van der Waals surface area contributed by atoms with E-state index in [2.05, 4.69) is 17.9 Å². The van der Waals surface area contributed by atoms with Crippen molar-refractivity contribution in [2.24, 2.45) is 0 Å². The maximum atomic E-state index is 11.5. The Labute approximate surface area is 105 Å². The van der Waals surface area contributed by atoms with Gasteiger partial charge in [-0.2, -0.15) is 12.6 Å². The van der Waals surface area contributed by atoms with Gasteiger partial charge in [0.2, 0.25) is 5.91 Å². The van der Waals surface area contributed by atoms with Crippen LogP contribution >= 0.6 is 12.6 Å². The van der Waals surface area contributed by atoms with Crippen LogP contribution in [0, 0.1) is 0 Å². The summed E-state index contributed by atoms with van der Waals surface area (Å²) in [7, 11) is 0. The largest absolute Gasteiger partial charge is 0.480 e. The first kappa shape index (κ1) is 13.6. The van der Waals surface area contributed by atoms with Crippen molar-refractivity contribution in [3.8, 4) is 0 Å². The molecule has 1 aromatic rings. The van der Waals surface area contributed by atoms with Crippen LogP contribution in [0.1, 0.15) is 17.9 Å². The first-order valence-electron chi connectivity index (χ1n) is 5.27. The minimum atomic E-state index is -1.04. The molecule has 5 heteroatoms. The molecular weight excluding hydrogens is 238 g/mol. The molecule has 0 fully saturated rings. The third kappa shape index (κ3) is 4.91. The van der Waals surface area contributed by atoms with Gasteiger partial charge in [-0.1, -0.05) is 30.3 Å². The number of carboxylic acids is 1. The van der Waals surface area contributed by atoms with Crippen molar-refractivity contribution < 1.29 is 14.7 Å². The van der Waals surface area contributed by atoms with E-state index in [4.69, 9.17) is 5.11 Å². The highest BCUT2D eigenvalue weighted by atomic mass is 32.1. The Morgan fingerprint density at radius 3 is 2.47 bits per heavy atom. The summed E-state index contributed by atoms with van der Waals surface area (Å²) in [6, 6.07) is 9.59. The van der Waals surface area contributed by atoms with Gasteiger partial charge < -0.3 is 10.4 Å². The lowest BCUT2D eigenvalue weighted by molar-refractivity contribution is -0.138. The van der Waals surface area contributed by atoms with Crippen molar-refractivity contribution in [2.75, 3.05) is 12.3 Å². The minimum absolute atomic E-state index is 0.00771. The van der Waals surface area contributed by atoms with Gasteiger partial charge in [0.05, 0.1) is 0 Å². The number of nitrogens with one attached hydrogen (secondary N) is 1. The van der Waals surface area contributed by atoms with Gasteiger partial charge in [-0.3, -0.25) is 9.59 Å². The van der Waals surface area contributed by atoms with Gasteiger partial charge in [0.1, 0.15) is 6.54 Å². The van der Waals surface area contributed by atoms with Crippen LogP contribution in [0.15, 0.2) is 30.3 Å². The molecule has 0 aromatic heterocycles. The smallest absolute Gasteiger partial charge is 0.322 e. The third-order valence-electron chi connectivity index (χ3n) is 2.36. The molecule has 17 heavy (non-hydrogen) atoms. The van der Waals surface area contributed by atoms with Crippen LogP contribution in [0.2, 0.25) is 0 Å². The molecule has 0 aliphatic rings. The molecule has 0 aliphatic carbocycles. The number of hydrogen-bond donors (Lipinski definition) is 3. The summed E-state index contributed by atoms with van der Waals surface area (Å²) in [5.41, 5.74) is 1.04. The molecule has 1 rings (SSSR count). The van der Waals surface area contributed by atoms with Crippen LogP contribution in [0.25, 0.3) is 0 Å². The number of aliphatic carboxylic acids is 1. The molecule has 0 spiro atoms. The van der Waals surface area contributed by atoms with E-state index in [1.54, 1.807) is 0 Å². The predicted octanol–water partition coefficient (Wildman–Crippen LogP) is 1.29. The zero-order chi connectivity index (χ0) is 12.7. The van der Waals surface area contributed by atoms with E-state index in [1.165, 1.54) is 0 Å². The zero-order valence-electron chi connectivity index (χ0n) is 9.30. The van der Waals surface area contributed by atoms with Crippen LogP contribution in [0.5, 0.6) is 0 Å². The Kier molecular flexibility index (Phi) is 5.56. The van der Waals surface area contributed by atoms with Crippen LogP contribution in [-0.4, -0.2) is 29.3 Å². The van der Waals surface area contributed by atoms with E-state index in [1.807, 2.05) is 30.3 Å². The first-order valence-corrected chi connectivity index (χ1v) is 5.91. The van der Waals surface area contributed by atoms with Gasteiger partial charge in [-0.15, -0.1) is 0 Å². The molecule has 1 amide bonds. The third-order valence-corrected chi connectivity index (χ3v) is 2.80. The molecule has 0 aliphatic heterocycles. The van der Waals surface area contributed by atoms with Gasteiger partial charge in [0.25, 0.3) is 0 Å². The highest BCUT2D eigenvalue weighted by Gasteiger charge is 2.14. The van der Waals surface area contributed by atoms with Crippen LogP contribution in [0.4, 0.5) is 0 Å². The van der Waals surface area contributed by atoms with Crippen LogP contribution in [-0.2, 0) is 9.59 Å². The first-order chi connectivity index (χ1) is 8.13. The Bertz CT molecular complexity index is 381. The van der Waals surface area contributed by atoms with Crippen LogP contribution < -0.4 is 5.32 Å². The van der Waals surface area contributed by atoms with Gasteiger partial charge in [0.15, 0.2) is 0 Å². The summed E-state index contributed by atoms with van der Waals surface area (Å²) in [5, 5.41) is 10.8. The summed E-state index contributed by atoms with van der Waals surface area (Å²) in [4.78, 5) is 21.8. The molecule has 0 radical (unpaired) electrons. The molecule has 0 saturated heterocycles. The standard InChI is InChI=1S/C12H15NO3S/c14-11(13-7-12(15)16)6-10(8-17)9-4-2-1-3-5-9/h1-5,10,17H,6-8H2,(H,13,14)(H,15,16). The van der Waals surface area contributed by atoms with E-state index in [0.29, 0.717) is 5.75 Å². The Morgan fingerprint density at radius 2 is 1.94 bits per heavy atom. The van der Waals surface area contributed by atoms with E-state index in [0.717, 1.165) is 5.56 Å². The quantitative estimate of drug-likeness (QED) is 0.669. The van der Waals surface area contributed by atoms with Gasteiger partial charge in [-0.05, 0) is 11.3 Å². The molecule has 1 atom stereocenters. The van der Waals surface area contributed by atoms with Gasteiger partial charge in [0, 0.05) is 12.3 Å². The lowest BCUT2D eigenvalue weighted by atomic mass is 9.97. The number of rotatable bonds is 6. The van der Waals surface area contributed by atoms with Crippen molar-refractivity contribution in [1.29, 1.82) is 0 Å². The molecule has 1 unspecified atom stereocenters. The summed E-state index contributed by atoms with van der Waals surface area (Å²) < 4.78 is 0. The Balaban J connectivity index is 2.53. The average Bonchev–Trinajstić information content (AvgIpc) is 2.34. The van der Waals surface area contributed by atoms with Crippen molar-refractivity contribution >= 4 is 24.5 Å². The van der Waals surface area contributed by atoms with Crippen molar-refractivity contribution in [3.63, 3.8) is 0 Å². The van der Waals surface area contributed by atoms with E-state index in [9.17, 15) is 9.59 Å². The molecule has 0 heterocycles. The lowest BCUT2D eigenvalue weighted by Gasteiger charge is -2.14. The molecular formula is C12H15NO3S. The molecule has 1 aromatic carbocycles. The number of hydrogen-bond acceptors (Lipinski definition) is 3. The van der Waals surface area contributed by atoms with Crippen molar-refractivity contribution in [1.82, 2.24) is 5.32 Å². The summed E-state index contributed by atoms with van der Waals surface area (Å²) >= 11 is 4.21.